The third-order valence-corrected chi connectivity index (χ3v) is 7.08. The standard InChI is InChI=1S/C25H19Cl2N3O6S/c1-13-19(27)11-16(12-22(13)37(33,34)35)29-30-23-17-6-4-3-5-14(17)9-18(24(23)31)25(32)28-20-10-15(26)7-8-21(20)36-2/h3-12,31H,1-2H3,(H,28,32)(H,33,34,35). The molecule has 12 heteroatoms. The number of hydrogen-bond donors (Lipinski definition) is 3. The lowest BCUT2D eigenvalue weighted by atomic mass is 10.0. The molecule has 0 aliphatic heterocycles. The fourth-order valence-electron chi connectivity index (χ4n) is 3.63. The second-order valence-electron chi connectivity index (χ2n) is 7.87. The van der Waals surface area contributed by atoms with E-state index < -0.39 is 26.7 Å². The Morgan fingerprint density at radius 3 is 2.46 bits per heavy atom. The Morgan fingerprint density at radius 2 is 1.76 bits per heavy atom. The second-order valence-corrected chi connectivity index (χ2v) is 10.1. The lowest BCUT2D eigenvalue weighted by Crippen LogP contribution is -2.13. The van der Waals surface area contributed by atoms with Gasteiger partial charge in [-0.05, 0) is 54.3 Å². The van der Waals surface area contributed by atoms with Gasteiger partial charge in [0.1, 0.15) is 16.3 Å². The lowest BCUT2D eigenvalue weighted by Gasteiger charge is -2.13. The maximum absolute atomic E-state index is 13.2. The van der Waals surface area contributed by atoms with E-state index in [9.17, 15) is 22.9 Å². The summed E-state index contributed by atoms with van der Waals surface area (Å²) in [5, 5.41) is 23.3. The number of phenols is 1. The number of hydrogen-bond acceptors (Lipinski definition) is 7. The predicted molar refractivity (Wildman–Crippen MR) is 142 cm³/mol. The van der Waals surface area contributed by atoms with Crippen molar-refractivity contribution >= 4 is 67.1 Å². The van der Waals surface area contributed by atoms with Crippen LogP contribution in [0.15, 0.2) is 75.8 Å². The third-order valence-electron chi connectivity index (χ3n) is 5.47. The molecule has 3 N–H and O–H groups in total. The summed E-state index contributed by atoms with van der Waals surface area (Å²) in [5.41, 5.74) is 0.307. The molecule has 0 saturated carbocycles. The highest BCUT2D eigenvalue weighted by Crippen LogP contribution is 2.40. The summed E-state index contributed by atoms with van der Waals surface area (Å²) in [4.78, 5) is 12.7. The zero-order valence-electron chi connectivity index (χ0n) is 19.4. The molecule has 0 aliphatic carbocycles. The number of carbonyl (C=O) groups is 1. The van der Waals surface area contributed by atoms with E-state index in [1.54, 1.807) is 36.4 Å². The summed E-state index contributed by atoms with van der Waals surface area (Å²) in [5.74, 6) is -0.759. The van der Waals surface area contributed by atoms with E-state index in [0.29, 0.717) is 27.2 Å². The number of benzene rings is 4. The number of halogens is 2. The lowest BCUT2D eigenvalue weighted by molar-refractivity contribution is 0.102. The van der Waals surface area contributed by atoms with E-state index in [1.165, 1.54) is 32.2 Å². The summed E-state index contributed by atoms with van der Waals surface area (Å²) in [7, 11) is -3.13. The topological polar surface area (TPSA) is 138 Å². The van der Waals surface area contributed by atoms with Crippen molar-refractivity contribution in [3.05, 3.63) is 81.8 Å². The van der Waals surface area contributed by atoms with Crippen molar-refractivity contribution in [2.45, 2.75) is 11.8 Å². The summed E-state index contributed by atoms with van der Waals surface area (Å²) >= 11 is 12.2. The molecule has 0 radical (unpaired) electrons. The van der Waals surface area contributed by atoms with Crippen LogP contribution < -0.4 is 10.1 Å². The van der Waals surface area contributed by atoms with Crippen molar-refractivity contribution in [1.29, 1.82) is 0 Å². The van der Waals surface area contributed by atoms with Crippen LogP contribution in [-0.4, -0.2) is 31.1 Å². The molecule has 0 saturated heterocycles. The molecule has 0 atom stereocenters. The van der Waals surface area contributed by atoms with E-state index in [4.69, 9.17) is 27.9 Å². The van der Waals surface area contributed by atoms with Gasteiger partial charge in [0, 0.05) is 15.4 Å². The highest BCUT2D eigenvalue weighted by Gasteiger charge is 2.21. The van der Waals surface area contributed by atoms with Gasteiger partial charge in [0.05, 0.1) is 24.0 Å². The number of rotatable bonds is 6. The van der Waals surface area contributed by atoms with Gasteiger partial charge in [-0.15, -0.1) is 5.11 Å². The normalized spacial score (nSPS) is 11.7. The molecule has 4 rings (SSSR count). The van der Waals surface area contributed by atoms with E-state index in [2.05, 4.69) is 15.5 Å². The number of methoxy groups -OCH3 is 1. The molecule has 4 aromatic carbocycles. The number of amides is 1. The maximum Gasteiger partial charge on any atom is 0.294 e. The first-order chi connectivity index (χ1) is 17.5. The van der Waals surface area contributed by atoms with Crippen LogP contribution in [0.3, 0.4) is 0 Å². The average Bonchev–Trinajstić information content (AvgIpc) is 2.84. The third kappa shape index (κ3) is 5.52. The molecule has 0 bridgehead atoms. The van der Waals surface area contributed by atoms with Crippen LogP contribution in [0.4, 0.5) is 17.1 Å². The van der Waals surface area contributed by atoms with Gasteiger partial charge in [0.25, 0.3) is 16.0 Å². The number of nitrogens with zero attached hydrogens (tertiary/aromatic N) is 2. The quantitative estimate of drug-likeness (QED) is 0.170. The Hall–Kier alpha value is -3.70. The molecule has 0 aromatic heterocycles. The first-order valence-electron chi connectivity index (χ1n) is 10.6. The van der Waals surface area contributed by atoms with Gasteiger partial charge in [0.2, 0.25) is 0 Å². The highest BCUT2D eigenvalue weighted by atomic mass is 35.5. The smallest absolute Gasteiger partial charge is 0.294 e. The van der Waals surface area contributed by atoms with Crippen LogP contribution in [0, 0.1) is 6.92 Å². The number of fused-ring (bicyclic) bond motifs is 1. The number of aromatic hydroxyl groups is 1. The van der Waals surface area contributed by atoms with Gasteiger partial charge in [-0.2, -0.15) is 13.5 Å². The van der Waals surface area contributed by atoms with Crippen molar-refractivity contribution < 1.29 is 27.6 Å². The van der Waals surface area contributed by atoms with Gasteiger partial charge < -0.3 is 15.2 Å². The fraction of sp³-hybridized carbons (Fsp3) is 0.0800. The summed E-state index contributed by atoms with van der Waals surface area (Å²) < 4.78 is 38.2. The molecule has 4 aromatic rings. The molecule has 0 aliphatic rings. The van der Waals surface area contributed by atoms with Crippen LogP contribution >= 0.6 is 23.2 Å². The van der Waals surface area contributed by atoms with Crippen LogP contribution in [0.5, 0.6) is 11.5 Å². The summed E-state index contributed by atoms with van der Waals surface area (Å²) in [6.45, 7) is 1.43. The fourth-order valence-corrected chi connectivity index (χ4v) is 4.84. The van der Waals surface area contributed by atoms with Gasteiger partial charge in [-0.1, -0.05) is 47.5 Å². The average molecular weight is 560 g/mol. The Kier molecular flexibility index (Phi) is 7.37. The molecule has 9 nitrogen and oxygen atoms in total. The molecule has 0 spiro atoms. The number of nitrogens with one attached hydrogen (secondary N) is 1. The minimum absolute atomic E-state index is 0.00484. The Labute approximate surface area is 222 Å². The molecule has 0 heterocycles. The van der Waals surface area contributed by atoms with Crippen molar-refractivity contribution in [1.82, 2.24) is 0 Å². The SMILES string of the molecule is COc1ccc(Cl)cc1NC(=O)c1cc2ccccc2c(N=Nc2cc(Cl)c(C)c(S(=O)(=O)O)c2)c1O. The summed E-state index contributed by atoms with van der Waals surface area (Å²) in [6.07, 6.45) is 0. The maximum atomic E-state index is 13.2. The number of ether oxygens (including phenoxy) is 1. The van der Waals surface area contributed by atoms with E-state index in [1.807, 2.05) is 0 Å². The monoisotopic (exact) mass is 559 g/mol. The number of carbonyl (C=O) groups excluding carboxylic acids is 1. The first kappa shape index (κ1) is 26.4. The molecular weight excluding hydrogens is 541 g/mol. The minimum atomic E-state index is -4.57. The van der Waals surface area contributed by atoms with Crippen LogP contribution in [-0.2, 0) is 10.1 Å². The van der Waals surface area contributed by atoms with Crippen molar-refractivity contribution in [3.63, 3.8) is 0 Å². The molecule has 190 valence electrons. The van der Waals surface area contributed by atoms with Gasteiger partial charge in [-0.3, -0.25) is 9.35 Å². The van der Waals surface area contributed by atoms with Crippen LogP contribution in [0.1, 0.15) is 15.9 Å². The van der Waals surface area contributed by atoms with Crippen molar-refractivity contribution in [2.24, 2.45) is 10.2 Å². The predicted octanol–water partition coefficient (Wildman–Crippen LogP) is 7.08. The van der Waals surface area contributed by atoms with Crippen molar-refractivity contribution in [2.75, 3.05) is 12.4 Å². The Bertz CT molecular complexity index is 1690. The first-order valence-corrected chi connectivity index (χ1v) is 12.8. The molecule has 1 amide bonds. The van der Waals surface area contributed by atoms with Gasteiger partial charge in [0.15, 0.2) is 5.75 Å². The Balaban J connectivity index is 1.81. The Morgan fingerprint density at radius 1 is 1.03 bits per heavy atom. The number of anilines is 1. The minimum Gasteiger partial charge on any atom is -0.505 e. The largest absolute Gasteiger partial charge is 0.505 e. The van der Waals surface area contributed by atoms with Crippen LogP contribution in [0.2, 0.25) is 10.0 Å². The van der Waals surface area contributed by atoms with Gasteiger partial charge >= 0.3 is 0 Å². The number of azo groups is 1. The van der Waals surface area contributed by atoms with Gasteiger partial charge in [-0.25, -0.2) is 0 Å². The second kappa shape index (κ2) is 10.3. The molecular formula is C25H19Cl2N3O6S. The molecule has 0 unspecified atom stereocenters. The van der Waals surface area contributed by atoms with Crippen molar-refractivity contribution in [3.8, 4) is 11.5 Å². The zero-order chi connectivity index (χ0) is 26.9. The van der Waals surface area contributed by atoms with E-state index in [-0.39, 0.29) is 27.5 Å². The highest BCUT2D eigenvalue weighted by molar-refractivity contribution is 7.85. The number of phenolic OH excluding ortho intramolecular Hbond substituents is 1. The summed E-state index contributed by atoms with van der Waals surface area (Å²) in [6, 6.07) is 15.5. The van der Waals surface area contributed by atoms with E-state index >= 15 is 0 Å². The van der Waals surface area contributed by atoms with E-state index in [0.717, 1.165) is 6.07 Å². The molecule has 0 fully saturated rings. The van der Waals surface area contributed by atoms with Crippen LogP contribution in [0.25, 0.3) is 10.8 Å². The molecule has 37 heavy (non-hydrogen) atoms. The zero-order valence-corrected chi connectivity index (χ0v) is 21.7.